The Hall–Kier alpha value is -4.22. The van der Waals surface area contributed by atoms with Crippen molar-refractivity contribution in [3.05, 3.63) is 42.0 Å². The van der Waals surface area contributed by atoms with Crippen LogP contribution in [0.2, 0.25) is 0 Å². The molecule has 3 heterocycles. The third kappa shape index (κ3) is 4.72. The Morgan fingerprint density at radius 3 is 2.71 bits per heavy atom. The van der Waals surface area contributed by atoms with Gasteiger partial charge in [-0.15, -0.1) is 0 Å². The maximum absolute atomic E-state index is 12.7. The van der Waals surface area contributed by atoms with E-state index < -0.39 is 9.84 Å². The van der Waals surface area contributed by atoms with Gasteiger partial charge in [-0.2, -0.15) is 5.10 Å². The van der Waals surface area contributed by atoms with Crippen LogP contribution in [0.25, 0.3) is 11.4 Å². The number of anilines is 4. The fourth-order valence-corrected chi connectivity index (χ4v) is 4.46. The molecule has 0 spiro atoms. The number of hydrogen-bond donors (Lipinski definition) is 3. The SMILES string of the molecule is Cn1cnc(-c2ccc(Nc3cc(NC(=O)C4CC4)nc4c3COC(=C=O)N4)c(S(C)(=O)=O)c2)n1. The van der Waals surface area contributed by atoms with Crippen LogP contribution in [0.4, 0.5) is 23.0 Å². The summed E-state index contributed by atoms with van der Waals surface area (Å²) < 4.78 is 32.2. The minimum atomic E-state index is -3.66. The smallest absolute Gasteiger partial charge is 0.281 e. The lowest BCUT2D eigenvalue weighted by atomic mass is 10.1. The quantitative estimate of drug-likeness (QED) is 0.432. The molecule has 0 saturated heterocycles. The molecule has 1 saturated carbocycles. The molecule has 12 nitrogen and oxygen atoms in total. The third-order valence-electron chi connectivity index (χ3n) is 5.52. The minimum Gasteiger partial charge on any atom is -0.466 e. The van der Waals surface area contributed by atoms with E-state index in [1.165, 1.54) is 17.1 Å². The van der Waals surface area contributed by atoms with Gasteiger partial charge in [0.25, 0.3) is 5.88 Å². The summed E-state index contributed by atoms with van der Waals surface area (Å²) in [5.74, 6) is 2.25. The van der Waals surface area contributed by atoms with E-state index in [0.717, 1.165) is 19.1 Å². The average Bonchev–Trinajstić information content (AvgIpc) is 3.59. The maximum atomic E-state index is 12.7. The standard InChI is InChI=1S/C22H21N7O5S/c1-29-11-23-20(28-29)13-5-6-15(17(7-13)35(2,32)33)24-16-8-18(26-22(31)12-3-4-12)25-21-14(16)10-34-19(9-30)27-21/h5-8,11-12H,3-4,10H2,1-2H3,(H3,24,25,26,27,31). The Bertz CT molecular complexity index is 1500. The van der Waals surface area contributed by atoms with Crippen molar-refractivity contribution in [1.82, 2.24) is 19.7 Å². The Morgan fingerprint density at radius 2 is 2.06 bits per heavy atom. The highest BCUT2D eigenvalue weighted by Crippen LogP contribution is 2.37. The normalized spacial score (nSPS) is 14.9. The first-order valence-corrected chi connectivity index (χ1v) is 12.6. The number of sulfone groups is 1. The van der Waals surface area contributed by atoms with E-state index in [0.29, 0.717) is 34.1 Å². The molecule has 3 N–H and O–H groups in total. The first-order valence-electron chi connectivity index (χ1n) is 10.7. The van der Waals surface area contributed by atoms with E-state index in [1.807, 2.05) is 0 Å². The molecule has 0 unspecified atom stereocenters. The first-order chi connectivity index (χ1) is 16.7. The zero-order valence-electron chi connectivity index (χ0n) is 18.8. The highest BCUT2D eigenvalue weighted by atomic mass is 32.2. The van der Waals surface area contributed by atoms with Crippen LogP contribution < -0.4 is 16.0 Å². The molecule has 1 aliphatic carbocycles. The van der Waals surface area contributed by atoms with Gasteiger partial charge in [0.15, 0.2) is 21.6 Å². The number of nitrogens with one attached hydrogen (secondary N) is 3. The Labute approximate surface area is 200 Å². The van der Waals surface area contributed by atoms with Crippen molar-refractivity contribution in [2.45, 2.75) is 24.3 Å². The number of ether oxygens (including phenoxy) is 1. The number of fused-ring (bicyclic) bond motifs is 1. The van der Waals surface area contributed by atoms with Crippen LogP contribution in [0.3, 0.4) is 0 Å². The molecule has 2 aliphatic rings. The summed E-state index contributed by atoms with van der Waals surface area (Å²) in [4.78, 5) is 32.0. The number of pyridine rings is 1. The number of rotatable bonds is 6. The summed E-state index contributed by atoms with van der Waals surface area (Å²) >= 11 is 0. The second-order valence-electron chi connectivity index (χ2n) is 8.34. The molecular formula is C22H21N7O5S. The molecule has 1 amide bonds. The van der Waals surface area contributed by atoms with Crippen LogP contribution in [0.1, 0.15) is 18.4 Å². The summed E-state index contributed by atoms with van der Waals surface area (Å²) in [6.07, 6.45) is 4.28. The molecule has 0 bridgehead atoms. The minimum absolute atomic E-state index is 0.0107. The number of aromatic nitrogens is 4. The number of amides is 1. The van der Waals surface area contributed by atoms with Gasteiger partial charge in [-0.05, 0) is 31.0 Å². The van der Waals surface area contributed by atoms with Crippen LogP contribution in [0.5, 0.6) is 0 Å². The lowest BCUT2D eigenvalue weighted by Gasteiger charge is -2.23. The number of carbonyl (C=O) groups excluding carboxylic acids is 2. The molecule has 5 rings (SSSR count). The summed E-state index contributed by atoms with van der Waals surface area (Å²) in [5.41, 5.74) is 1.84. The Morgan fingerprint density at radius 1 is 1.26 bits per heavy atom. The fraction of sp³-hybridized carbons (Fsp3) is 0.273. The van der Waals surface area contributed by atoms with E-state index >= 15 is 0 Å². The monoisotopic (exact) mass is 495 g/mol. The van der Waals surface area contributed by atoms with Gasteiger partial charge >= 0.3 is 0 Å². The zero-order valence-corrected chi connectivity index (χ0v) is 19.6. The van der Waals surface area contributed by atoms with Crippen molar-refractivity contribution in [2.24, 2.45) is 13.0 Å². The van der Waals surface area contributed by atoms with E-state index in [9.17, 15) is 18.0 Å². The van der Waals surface area contributed by atoms with Gasteiger partial charge in [0.05, 0.1) is 21.8 Å². The molecule has 1 aromatic carbocycles. The highest BCUT2D eigenvalue weighted by Gasteiger charge is 2.30. The molecule has 2 aromatic heterocycles. The zero-order chi connectivity index (χ0) is 24.7. The third-order valence-corrected chi connectivity index (χ3v) is 6.65. The van der Waals surface area contributed by atoms with Gasteiger partial charge in [0, 0.05) is 30.9 Å². The van der Waals surface area contributed by atoms with E-state index in [1.54, 1.807) is 31.2 Å². The summed E-state index contributed by atoms with van der Waals surface area (Å²) in [5, 5.41) is 12.9. The second-order valence-corrected chi connectivity index (χ2v) is 10.3. The van der Waals surface area contributed by atoms with Crippen LogP contribution in [0.15, 0.2) is 41.4 Å². The van der Waals surface area contributed by atoms with Crippen molar-refractivity contribution in [1.29, 1.82) is 0 Å². The molecule has 0 radical (unpaired) electrons. The van der Waals surface area contributed by atoms with Gasteiger partial charge in [-0.1, -0.05) is 0 Å². The molecule has 1 fully saturated rings. The molecule has 1 aliphatic heterocycles. The van der Waals surface area contributed by atoms with Crippen LogP contribution in [0, 0.1) is 5.92 Å². The summed E-state index contributed by atoms with van der Waals surface area (Å²) in [7, 11) is -1.94. The second kappa shape index (κ2) is 8.53. The fourth-order valence-electron chi connectivity index (χ4n) is 3.60. The molecule has 3 aromatic rings. The molecule has 180 valence electrons. The van der Waals surface area contributed by atoms with E-state index in [2.05, 4.69) is 31.0 Å². The first kappa shape index (κ1) is 22.6. The number of nitrogens with zero attached hydrogens (tertiary/aromatic N) is 4. The van der Waals surface area contributed by atoms with Crippen molar-refractivity contribution in [3.63, 3.8) is 0 Å². The predicted octanol–water partition coefficient (Wildman–Crippen LogP) is 1.99. The number of carbonyl (C=O) groups is 1. The van der Waals surface area contributed by atoms with Gasteiger partial charge in [0.2, 0.25) is 5.91 Å². The van der Waals surface area contributed by atoms with Gasteiger partial charge in [-0.25, -0.2) is 23.2 Å². The van der Waals surface area contributed by atoms with Crippen LogP contribution >= 0.6 is 0 Å². The topological polar surface area (TPSA) is 157 Å². The molecule has 35 heavy (non-hydrogen) atoms. The van der Waals surface area contributed by atoms with Crippen molar-refractivity contribution >= 4 is 44.7 Å². The lowest BCUT2D eigenvalue weighted by molar-refractivity contribution is -0.117. The molecule has 0 atom stereocenters. The van der Waals surface area contributed by atoms with Crippen molar-refractivity contribution < 1.29 is 22.7 Å². The highest BCUT2D eigenvalue weighted by molar-refractivity contribution is 7.90. The average molecular weight is 496 g/mol. The van der Waals surface area contributed by atoms with Crippen LogP contribution in [-0.4, -0.2) is 46.3 Å². The molecular weight excluding hydrogens is 474 g/mol. The largest absolute Gasteiger partial charge is 0.466 e. The molecule has 13 heteroatoms. The van der Waals surface area contributed by atoms with Crippen molar-refractivity contribution in [2.75, 3.05) is 22.2 Å². The summed E-state index contributed by atoms with van der Waals surface area (Å²) in [6, 6.07) is 6.42. The van der Waals surface area contributed by atoms with Gasteiger partial charge < -0.3 is 20.7 Å². The number of aryl methyl sites for hydroxylation is 1. The number of benzene rings is 1. The number of hydrogen-bond acceptors (Lipinski definition) is 10. The predicted molar refractivity (Wildman–Crippen MR) is 126 cm³/mol. The maximum Gasteiger partial charge on any atom is 0.281 e. The van der Waals surface area contributed by atoms with Crippen LogP contribution in [-0.2, 0) is 37.8 Å². The lowest BCUT2D eigenvalue weighted by Crippen LogP contribution is -2.19. The Kier molecular flexibility index (Phi) is 5.50. The van der Waals surface area contributed by atoms with E-state index in [4.69, 9.17) is 4.74 Å². The van der Waals surface area contributed by atoms with E-state index in [-0.39, 0.29) is 35.0 Å². The Balaban J connectivity index is 1.56. The van der Waals surface area contributed by atoms with Gasteiger partial charge in [-0.3, -0.25) is 9.48 Å². The summed E-state index contributed by atoms with van der Waals surface area (Å²) in [6.45, 7) is -0.0107. The van der Waals surface area contributed by atoms with Gasteiger partial charge in [0.1, 0.15) is 24.6 Å². The van der Waals surface area contributed by atoms with Crippen molar-refractivity contribution in [3.8, 4) is 11.4 Å².